The fourth-order valence-corrected chi connectivity index (χ4v) is 2.19. The number of nitrogens with zero attached hydrogens (tertiary/aromatic N) is 3. The predicted molar refractivity (Wildman–Crippen MR) is 89.8 cm³/mol. The van der Waals surface area contributed by atoms with Crippen LogP contribution in [0.1, 0.15) is 21.5 Å². The Balaban J connectivity index is 1.62. The van der Waals surface area contributed by atoms with Gasteiger partial charge in [-0.1, -0.05) is 6.07 Å². The number of nitrogens with one attached hydrogen (secondary N) is 1. The summed E-state index contributed by atoms with van der Waals surface area (Å²) >= 11 is 0. The Morgan fingerprint density at radius 1 is 1.08 bits per heavy atom. The molecule has 3 rings (SSSR count). The second-order valence-electron chi connectivity index (χ2n) is 5.17. The maximum atomic E-state index is 12.1. The summed E-state index contributed by atoms with van der Waals surface area (Å²) < 4.78 is 0. The summed E-state index contributed by atoms with van der Waals surface area (Å²) in [5, 5.41) is 11.6. The molecule has 1 amide bonds. The van der Waals surface area contributed by atoms with E-state index < -0.39 is 0 Å². The van der Waals surface area contributed by atoms with Gasteiger partial charge in [0, 0.05) is 36.3 Å². The highest BCUT2D eigenvalue weighted by Gasteiger charge is 2.06. The fraction of sp³-hybridized carbons (Fsp3) is 0.0526. The van der Waals surface area contributed by atoms with Gasteiger partial charge >= 0.3 is 0 Å². The van der Waals surface area contributed by atoms with E-state index in [2.05, 4.69) is 15.3 Å². The number of rotatable bonds is 4. The Bertz CT molecular complexity index is 866. The van der Waals surface area contributed by atoms with Crippen molar-refractivity contribution in [3.63, 3.8) is 0 Å². The van der Waals surface area contributed by atoms with Crippen LogP contribution in [0.4, 0.5) is 0 Å². The molecule has 0 aliphatic carbocycles. The maximum Gasteiger partial charge on any atom is 0.251 e. The van der Waals surface area contributed by atoms with E-state index in [0.717, 1.165) is 16.8 Å². The molecular formula is C19H14N4O. The van der Waals surface area contributed by atoms with Crippen molar-refractivity contribution in [1.82, 2.24) is 15.3 Å². The maximum absolute atomic E-state index is 12.1. The van der Waals surface area contributed by atoms with Gasteiger partial charge in [-0.25, -0.2) is 0 Å². The van der Waals surface area contributed by atoms with Gasteiger partial charge in [-0.3, -0.25) is 14.8 Å². The summed E-state index contributed by atoms with van der Waals surface area (Å²) in [5.41, 5.74) is 3.75. The lowest BCUT2D eigenvalue weighted by Crippen LogP contribution is -2.22. The van der Waals surface area contributed by atoms with Crippen molar-refractivity contribution in [1.29, 1.82) is 5.26 Å². The molecule has 0 spiro atoms. The lowest BCUT2D eigenvalue weighted by atomic mass is 10.1. The van der Waals surface area contributed by atoms with E-state index >= 15 is 0 Å². The minimum atomic E-state index is -0.184. The van der Waals surface area contributed by atoms with Crippen LogP contribution in [-0.4, -0.2) is 15.9 Å². The first-order valence-corrected chi connectivity index (χ1v) is 7.40. The van der Waals surface area contributed by atoms with Crippen molar-refractivity contribution in [2.75, 3.05) is 0 Å². The van der Waals surface area contributed by atoms with Gasteiger partial charge in [0.15, 0.2) is 0 Å². The van der Waals surface area contributed by atoms with Gasteiger partial charge < -0.3 is 5.32 Å². The van der Waals surface area contributed by atoms with Gasteiger partial charge in [0.05, 0.1) is 17.3 Å². The van der Waals surface area contributed by atoms with Gasteiger partial charge in [0.2, 0.25) is 0 Å². The summed E-state index contributed by atoms with van der Waals surface area (Å²) in [7, 11) is 0. The van der Waals surface area contributed by atoms with E-state index in [0.29, 0.717) is 17.7 Å². The van der Waals surface area contributed by atoms with E-state index in [9.17, 15) is 4.79 Å². The molecule has 0 unspecified atom stereocenters. The summed E-state index contributed by atoms with van der Waals surface area (Å²) in [4.78, 5) is 20.6. The Morgan fingerprint density at radius 2 is 1.92 bits per heavy atom. The molecule has 2 aromatic heterocycles. The van der Waals surface area contributed by atoms with Crippen LogP contribution < -0.4 is 5.32 Å². The molecule has 5 heteroatoms. The number of hydrogen-bond acceptors (Lipinski definition) is 4. The van der Waals surface area contributed by atoms with E-state index in [1.54, 1.807) is 42.9 Å². The van der Waals surface area contributed by atoms with Crippen molar-refractivity contribution < 1.29 is 4.79 Å². The fourth-order valence-electron chi connectivity index (χ4n) is 2.19. The third-order valence-corrected chi connectivity index (χ3v) is 3.51. The number of benzene rings is 1. The molecule has 0 aliphatic rings. The zero-order valence-electron chi connectivity index (χ0n) is 12.8. The Kier molecular flexibility index (Phi) is 4.59. The number of carbonyl (C=O) groups is 1. The number of pyridine rings is 2. The molecule has 3 aromatic rings. The molecule has 0 aliphatic heterocycles. The van der Waals surface area contributed by atoms with Crippen molar-refractivity contribution in [2.24, 2.45) is 0 Å². The molecule has 24 heavy (non-hydrogen) atoms. The molecule has 0 atom stereocenters. The van der Waals surface area contributed by atoms with Crippen LogP contribution >= 0.6 is 0 Å². The molecule has 1 aromatic carbocycles. The lowest BCUT2D eigenvalue weighted by molar-refractivity contribution is 0.0951. The molecule has 0 saturated heterocycles. The van der Waals surface area contributed by atoms with Gasteiger partial charge in [0.1, 0.15) is 0 Å². The Hall–Kier alpha value is -3.52. The third-order valence-electron chi connectivity index (χ3n) is 3.51. The molecule has 0 radical (unpaired) electrons. The average Bonchev–Trinajstić information content (AvgIpc) is 2.67. The number of nitriles is 1. The molecule has 2 heterocycles. The first-order valence-electron chi connectivity index (χ1n) is 7.40. The SMILES string of the molecule is N#Cc1ccc(C(=O)NCc2ccc(-c3cccnc3)nc2)cc1. The highest BCUT2D eigenvalue weighted by Crippen LogP contribution is 2.15. The Labute approximate surface area is 139 Å². The van der Waals surface area contributed by atoms with Gasteiger partial charge in [-0.05, 0) is 48.0 Å². The van der Waals surface area contributed by atoms with E-state index in [1.807, 2.05) is 30.3 Å². The third kappa shape index (κ3) is 3.62. The smallest absolute Gasteiger partial charge is 0.251 e. The molecule has 5 nitrogen and oxygen atoms in total. The van der Waals surface area contributed by atoms with E-state index in [1.165, 1.54) is 0 Å². The van der Waals surface area contributed by atoms with Crippen LogP contribution in [-0.2, 0) is 6.54 Å². The topological polar surface area (TPSA) is 78.7 Å². The van der Waals surface area contributed by atoms with Crippen LogP contribution in [0.25, 0.3) is 11.3 Å². The molecule has 0 fully saturated rings. The summed E-state index contributed by atoms with van der Waals surface area (Å²) in [6.07, 6.45) is 5.21. The minimum absolute atomic E-state index is 0.184. The molecule has 116 valence electrons. The quantitative estimate of drug-likeness (QED) is 0.803. The summed E-state index contributed by atoms with van der Waals surface area (Å²) in [6, 6.07) is 16.2. The second kappa shape index (κ2) is 7.16. The largest absolute Gasteiger partial charge is 0.348 e. The van der Waals surface area contributed by atoms with Crippen LogP contribution in [0.15, 0.2) is 67.1 Å². The van der Waals surface area contributed by atoms with Crippen LogP contribution in [0, 0.1) is 11.3 Å². The van der Waals surface area contributed by atoms with Crippen LogP contribution in [0.2, 0.25) is 0 Å². The second-order valence-corrected chi connectivity index (χ2v) is 5.17. The number of aromatic nitrogens is 2. The van der Waals surface area contributed by atoms with Crippen molar-refractivity contribution in [3.05, 3.63) is 83.8 Å². The zero-order chi connectivity index (χ0) is 16.8. The predicted octanol–water partition coefficient (Wildman–Crippen LogP) is 2.95. The monoisotopic (exact) mass is 314 g/mol. The van der Waals surface area contributed by atoms with Crippen molar-refractivity contribution in [3.8, 4) is 17.3 Å². The molecule has 0 bridgehead atoms. The lowest BCUT2D eigenvalue weighted by Gasteiger charge is -2.06. The van der Waals surface area contributed by atoms with Crippen molar-refractivity contribution >= 4 is 5.91 Å². The highest BCUT2D eigenvalue weighted by molar-refractivity contribution is 5.94. The van der Waals surface area contributed by atoms with Gasteiger partial charge in [0.25, 0.3) is 5.91 Å². The average molecular weight is 314 g/mol. The molecule has 0 saturated carbocycles. The van der Waals surface area contributed by atoms with E-state index in [-0.39, 0.29) is 5.91 Å². The first-order chi connectivity index (χ1) is 11.8. The molecule has 1 N–H and O–H groups in total. The van der Waals surface area contributed by atoms with Gasteiger partial charge in [-0.15, -0.1) is 0 Å². The van der Waals surface area contributed by atoms with Crippen LogP contribution in [0.5, 0.6) is 0 Å². The van der Waals surface area contributed by atoms with E-state index in [4.69, 9.17) is 5.26 Å². The Morgan fingerprint density at radius 3 is 2.54 bits per heavy atom. The molecular weight excluding hydrogens is 300 g/mol. The number of hydrogen-bond donors (Lipinski definition) is 1. The zero-order valence-corrected chi connectivity index (χ0v) is 12.8. The summed E-state index contributed by atoms with van der Waals surface area (Å²) in [6.45, 7) is 0.388. The van der Waals surface area contributed by atoms with Crippen molar-refractivity contribution in [2.45, 2.75) is 6.54 Å². The standard InChI is InChI=1S/C19H14N4O/c20-10-14-3-6-16(7-4-14)19(24)23-12-15-5-8-18(22-11-15)17-2-1-9-21-13-17/h1-9,11,13H,12H2,(H,23,24). The van der Waals surface area contributed by atoms with Gasteiger partial charge in [-0.2, -0.15) is 5.26 Å². The van der Waals surface area contributed by atoms with Crippen LogP contribution in [0.3, 0.4) is 0 Å². The summed E-state index contributed by atoms with van der Waals surface area (Å²) in [5.74, 6) is -0.184. The number of carbonyl (C=O) groups excluding carboxylic acids is 1. The minimum Gasteiger partial charge on any atom is -0.348 e. The highest BCUT2D eigenvalue weighted by atomic mass is 16.1. The number of amides is 1. The normalized spacial score (nSPS) is 9.96. The first kappa shape index (κ1) is 15.4.